The number of rotatable bonds is 5. The van der Waals surface area contributed by atoms with E-state index in [0.717, 1.165) is 28.7 Å². The molecule has 3 aromatic rings. The highest BCUT2D eigenvalue weighted by Gasteiger charge is 2.68. The van der Waals surface area contributed by atoms with Gasteiger partial charge in [-0.05, 0) is 91.8 Å². The van der Waals surface area contributed by atoms with Crippen molar-refractivity contribution in [1.29, 1.82) is 0 Å². The second-order valence-electron chi connectivity index (χ2n) is 10.3. The Bertz CT molecular complexity index is 1210. The van der Waals surface area contributed by atoms with Crippen LogP contribution in [0.25, 0.3) is 22.8 Å². The van der Waals surface area contributed by atoms with E-state index in [-0.39, 0.29) is 11.0 Å². The van der Waals surface area contributed by atoms with E-state index >= 15 is 0 Å². The first-order valence-corrected chi connectivity index (χ1v) is 11.4. The molecule has 0 radical (unpaired) electrons. The van der Waals surface area contributed by atoms with E-state index in [4.69, 9.17) is 14.3 Å². The number of benzene rings is 2. The zero-order chi connectivity index (χ0) is 22.1. The van der Waals surface area contributed by atoms with Crippen LogP contribution in [0.2, 0.25) is 0 Å². The Morgan fingerprint density at radius 1 is 1.09 bits per heavy atom. The second-order valence-corrected chi connectivity index (χ2v) is 10.3. The number of hydrogen-bond donors (Lipinski definition) is 1. The molecule has 3 aliphatic carbocycles. The lowest BCUT2D eigenvalue weighted by atomic mass is 9.64. The van der Waals surface area contributed by atoms with E-state index in [1.165, 1.54) is 37.7 Å². The highest BCUT2D eigenvalue weighted by molar-refractivity contribution is 5.88. The van der Waals surface area contributed by atoms with Gasteiger partial charge in [0.25, 0.3) is 0 Å². The molecule has 1 N–H and O–H groups in total. The molecule has 5 heteroatoms. The highest BCUT2D eigenvalue weighted by atomic mass is 16.5. The Morgan fingerprint density at radius 2 is 1.88 bits per heavy atom. The molecule has 0 saturated heterocycles. The molecule has 4 atom stereocenters. The lowest BCUT2D eigenvalue weighted by Crippen LogP contribution is -2.33. The Hall–Kier alpha value is -3.08. The summed E-state index contributed by atoms with van der Waals surface area (Å²) in [6, 6.07) is 13.0. The maximum Gasteiger partial charge on any atom is 0.335 e. The third-order valence-electron chi connectivity index (χ3n) is 8.12. The van der Waals surface area contributed by atoms with Crippen LogP contribution in [-0.2, 0) is 5.41 Å². The molecule has 2 aromatic carbocycles. The molecule has 3 saturated carbocycles. The summed E-state index contributed by atoms with van der Waals surface area (Å²) in [6.07, 6.45) is 8.32. The summed E-state index contributed by atoms with van der Waals surface area (Å²) in [5.41, 5.74) is 4.11. The maximum atomic E-state index is 11.1. The van der Waals surface area contributed by atoms with E-state index in [1.54, 1.807) is 37.6 Å². The van der Waals surface area contributed by atoms with Gasteiger partial charge in [-0.2, -0.15) is 0 Å². The normalized spacial score (nSPS) is 30.1. The number of fused-ring (bicyclic) bond motifs is 1. The SMILES string of the molecule is COc1ccc(-c2cnc(-c3ccc(C(=O)O)cc3)o2)cc1C12CC(C)CC3(CC3C1)C2. The minimum atomic E-state index is -0.946. The van der Waals surface area contributed by atoms with Crippen LogP contribution in [0, 0.1) is 17.3 Å². The largest absolute Gasteiger partial charge is 0.496 e. The molecule has 32 heavy (non-hydrogen) atoms. The van der Waals surface area contributed by atoms with Gasteiger partial charge < -0.3 is 14.3 Å². The lowest BCUT2D eigenvalue weighted by molar-refractivity contribution is 0.0697. The number of hydrogen-bond acceptors (Lipinski definition) is 4. The number of ether oxygens (including phenoxy) is 1. The molecular weight excluding hydrogens is 402 g/mol. The van der Waals surface area contributed by atoms with Crippen molar-refractivity contribution in [2.24, 2.45) is 17.3 Å². The van der Waals surface area contributed by atoms with Crippen LogP contribution in [0.3, 0.4) is 0 Å². The van der Waals surface area contributed by atoms with Crippen LogP contribution in [0.15, 0.2) is 53.1 Å². The third kappa shape index (κ3) is 2.90. The number of aromatic carboxylic acids is 1. The van der Waals surface area contributed by atoms with Gasteiger partial charge in [0.05, 0.1) is 18.9 Å². The number of carbonyl (C=O) groups is 1. The average molecular weight is 430 g/mol. The summed E-state index contributed by atoms with van der Waals surface area (Å²) >= 11 is 0. The molecule has 3 aliphatic rings. The van der Waals surface area contributed by atoms with Gasteiger partial charge >= 0.3 is 5.97 Å². The van der Waals surface area contributed by atoms with Crippen LogP contribution in [0.4, 0.5) is 0 Å². The number of methoxy groups -OCH3 is 1. The van der Waals surface area contributed by atoms with Gasteiger partial charge in [-0.1, -0.05) is 6.92 Å². The Morgan fingerprint density at radius 3 is 2.62 bits per heavy atom. The van der Waals surface area contributed by atoms with Crippen LogP contribution < -0.4 is 4.74 Å². The van der Waals surface area contributed by atoms with E-state index < -0.39 is 5.97 Å². The fraction of sp³-hybridized carbons (Fsp3) is 0.407. The molecule has 0 amide bonds. The molecule has 4 unspecified atom stereocenters. The van der Waals surface area contributed by atoms with Gasteiger partial charge in [0.1, 0.15) is 5.75 Å². The molecule has 1 heterocycles. The fourth-order valence-corrected chi connectivity index (χ4v) is 6.95. The van der Waals surface area contributed by atoms with Gasteiger partial charge in [-0.15, -0.1) is 0 Å². The zero-order valence-corrected chi connectivity index (χ0v) is 18.4. The minimum absolute atomic E-state index is 0.206. The quantitative estimate of drug-likeness (QED) is 0.524. The summed E-state index contributed by atoms with van der Waals surface area (Å²) in [5.74, 6) is 2.85. The van der Waals surface area contributed by atoms with E-state index in [2.05, 4.69) is 24.0 Å². The molecule has 1 spiro atoms. The number of carboxylic acids is 1. The molecule has 2 bridgehead atoms. The van der Waals surface area contributed by atoms with Gasteiger partial charge in [0.15, 0.2) is 5.76 Å². The monoisotopic (exact) mass is 429 g/mol. The fourth-order valence-electron chi connectivity index (χ4n) is 6.95. The molecule has 5 nitrogen and oxygen atoms in total. The third-order valence-corrected chi connectivity index (χ3v) is 8.12. The molecular formula is C27H27NO4. The predicted molar refractivity (Wildman–Crippen MR) is 121 cm³/mol. The first-order chi connectivity index (χ1) is 15.4. The smallest absolute Gasteiger partial charge is 0.335 e. The Kier molecular flexibility index (Phi) is 4.11. The Balaban J connectivity index is 1.35. The van der Waals surface area contributed by atoms with E-state index in [0.29, 0.717) is 17.1 Å². The first kappa shape index (κ1) is 19.6. The highest BCUT2D eigenvalue weighted by Crippen LogP contribution is 2.76. The first-order valence-electron chi connectivity index (χ1n) is 11.4. The van der Waals surface area contributed by atoms with Crippen LogP contribution in [0.1, 0.15) is 54.9 Å². The number of carboxylic acid groups (broad SMARTS) is 1. The van der Waals surface area contributed by atoms with Gasteiger partial charge in [0.2, 0.25) is 5.89 Å². The molecule has 6 rings (SSSR count). The van der Waals surface area contributed by atoms with Crippen molar-refractivity contribution in [2.45, 2.75) is 44.4 Å². The van der Waals surface area contributed by atoms with Crippen molar-refractivity contribution < 1.29 is 19.1 Å². The summed E-state index contributed by atoms with van der Waals surface area (Å²) in [6.45, 7) is 2.41. The van der Waals surface area contributed by atoms with Crippen molar-refractivity contribution in [3.63, 3.8) is 0 Å². The van der Waals surface area contributed by atoms with Crippen molar-refractivity contribution in [1.82, 2.24) is 4.98 Å². The van der Waals surface area contributed by atoms with Crippen molar-refractivity contribution in [3.8, 4) is 28.5 Å². The van der Waals surface area contributed by atoms with E-state index in [1.807, 2.05) is 6.07 Å². The maximum absolute atomic E-state index is 11.1. The van der Waals surface area contributed by atoms with Crippen molar-refractivity contribution >= 4 is 5.97 Å². The molecule has 1 aromatic heterocycles. The zero-order valence-electron chi connectivity index (χ0n) is 18.4. The molecule has 3 fully saturated rings. The summed E-state index contributed by atoms with van der Waals surface area (Å²) in [4.78, 5) is 15.6. The van der Waals surface area contributed by atoms with Gasteiger partial charge in [-0.25, -0.2) is 9.78 Å². The second kappa shape index (κ2) is 6.71. The Labute approximate surface area is 187 Å². The van der Waals surface area contributed by atoms with Crippen LogP contribution in [-0.4, -0.2) is 23.2 Å². The summed E-state index contributed by atoms with van der Waals surface area (Å²) in [5, 5.41) is 9.11. The standard InChI is InChI=1S/C27H27NO4/c1-16-10-26-12-20(26)13-27(11-16,15-26)21-9-19(7-8-22(21)31-2)23-14-28-24(32-23)17-3-5-18(6-4-17)25(29)30/h3-9,14,16,20H,10-13,15H2,1-2H3,(H,29,30). The summed E-state index contributed by atoms with van der Waals surface area (Å²) in [7, 11) is 1.76. The predicted octanol–water partition coefficient (Wildman–Crippen LogP) is 6.18. The van der Waals surface area contributed by atoms with Crippen LogP contribution in [0.5, 0.6) is 5.75 Å². The van der Waals surface area contributed by atoms with Gasteiger partial charge in [-0.3, -0.25) is 0 Å². The summed E-state index contributed by atoms with van der Waals surface area (Å²) < 4.78 is 11.9. The number of aromatic nitrogens is 1. The molecule has 0 aliphatic heterocycles. The lowest BCUT2D eigenvalue weighted by Gasteiger charge is -2.41. The number of nitrogens with zero attached hydrogens (tertiary/aromatic N) is 1. The minimum Gasteiger partial charge on any atom is -0.496 e. The van der Waals surface area contributed by atoms with Crippen molar-refractivity contribution in [3.05, 3.63) is 59.8 Å². The average Bonchev–Trinajstić information content (AvgIpc) is 3.14. The van der Waals surface area contributed by atoms with Crippen molar-refractivity contribution in [2.75, 3.05) is 7.11 Å². The van der Waals surface area contributed by atoms with Crippen LogP contribution >= 0.6 is 0 Å². The van der Waals surface area contributed by atoms with E-state index in [9.17, 15) is 4.79 Å². The molecule has 164 valence electrons. The number of oxazole rings is 1. The van der Waals surface area contributed by atoms with Gasteiger partial charge in [0, 0.05) is 22.1 Å². The topological polar surface area (TPSA) is 72.6 Å².